The highest BCUT2D eigenvalue weighted by molar-refractivity contribution is 7.16. The number of methoxy groups -OCH3 is 1. The molecule has 1 N–H and O–H groups in total. The summed E-state index contributed by atoms with van der Waals surface area (Å²) in [6, 6.07) is 6.24. The van der Waals surface area contributed by atoms with Crippen molar-refractivity contribution >= 4 is 34.2 Å². The molecule has 0 bridgehead atoms. The zero-order valence-electron chi connectivity index (χ0n) is 15.6. The quantitative estimate of drug-likeness (QED) is 0.728. The number of rotatable bonds is 7. The van der Waals surface area contributed by atoms with E-state index in [2.05, 4.69) is 10.1 Å². The van der Waals surface area contributed by atoms with Crippen LogP contribution in [0.1, 0.15) is 38.1 Å². The van der Waals surface area contributed by atoms with E-state index in [4.69, 9.17) is 9.47 Å². The number of ether oxygens (including phenoxy) is 3. The first-order valence-electron chi connectivity index (χ1n) is 8.25. The molecule has 0 spiro atoms. The van der Waals surface area contributed by atoms with Gasteiger partial charge in [0.25, 0.3) is 5.91 Å². The van der Waals surface area contributed by atoms with Crippen molar-refractivity contribution in [2.24, 2.45) is 0 Å². The number of carbonyl (C=O) groups is 3. The minimum absolute atomic E-state index is 0.240. The minimum Gasteiger partial charge on any atom is -0.484 e. The molecule has 0 atom stereocenters. The third-order valence-corrected chi connectivity index (χ3v) is 4.89. The summed E-state index contributed by atoms with van der Waals surface area (Å²) in [6.45, 7) is 5.43. The lowest BCUT2D eigenvalue weighted by atomic mass is 10.1. The van der Waals surface area contributed by atoms with E-state index < -0.39 is 17.8 Å². The zero-order chi connectivity index (χ0) is 20.0. The topological polar surface area (TPSA) is 90.9 Å². The molecule has 0 aliphatic heterocycles. The molecule has 0 fully saturated rings. The first kappa shape index (κ1) is 20.4. The molecule has 144 valence electrons. The van der Waals surface area contributed by atoms with Gasteiger partial charge in [0.2, 0.25) is 0 Å². The van der Waals surface area contributed by atoms with Gasteiger partial charge in [-0.25, -0.2) is 9.59 Å². The number of thiophene rings is 1. The van der Waals surface area contributed by atoms with Crippen LogP contribution in [0.4, 0.5) is 5.00 Å². The van der Waals surface area contributed by atoms with Gasteiger partial charge in [0.1, 0.15) is 10.8 Å². The molecule has 1 aromatic carbocycles. The Balaban J connectivity index is 2.01. The van der Waals surface area contributed by atoms with Crippen LogP contribution in [-0.2, 0) is 14.3 Å². The normalized spacial score (nSPS) is 10.2. The second-order valence-electron chi connectivity index (χ2n) is 5.56. The largest absolute Gasteiger partial charge is 0.484 e. The number of carbonyl (C=O) groups excluding carboxylic acids is 3. The van der Waals surface area contributed by atoms with Crippen molar-refractivity contribution in [2.75, 3.05) is 25.6 Å². The molecule has 0 saturated heterocycles. The van der Waals surface area contributed by atoms with Crippen molar-refractivity contribution in [1.29, 1.82) is 0 Å². The molecule has 1 amide bonds. The van der Waals surface area contributed by atoms with Gasteiger partial charge >= 0.3 is 11.9 Å². The van der Waals surface area contributed by atoms with E-state index in [1.165, 1.54) is 18.4 Å². The Bertz CT molecular complexity index is 841. The summed E-state index contributed by atoms with van der Waals surface area (Å²) in [7, 11) is 1.30. The van der Waals surface area contributed by atoms with Crippen molar-refractivity contribution in [3.63, 3.8) is 0 Å². The van der Waals surface area contributed by atoms with Crippen molar-refractivity contribution in [3.8, 4) is 5.75 Å². The highest BCUT2D eigenvalue weighted by Crippen LogP contribution is 2.33. The predicted molar refractivity (Wildman–Crippen MR) is 102 cm³/mol. The molecule has 1 aromatic heterocycles. The summed E-state index contributed by atoms with van der Waals surface area (Å²) in [6.07, 6.45) is 0. The summed E-state index contributed by atoms with van der Waals surface area (Å²) >= 11 is 1.31. The molecule has 0 saturated carbocycles. The maximum absolute atomic E-state index is 12.2. The monoisotopic (exact) mass is 391 g/mol. The average molecular weight is 391 g/mol. The average Bonchev–Trinajstić information content (AvgIpc) is 2.93. The van der Waals surface area contributed by atoms with Crippen molar-refractivity contribution in [3.05, 3.63) is 45.8 Å². The standard InChI is InChI=1S/C19H21NO6S/c1-5-25-19(23)16-11(2)12(3)27-17(16)20-15(21)10-26-14-8-6-13(7-9-14)18(22)24-4/h6-9H,5,10H2,1-4H3,(H,20,21). The smallest absolute Gasteiger partial charge is 0.341 e. The maximum atomic E-state index is 12.2. The Morgan fingerprint density at radius 3 is 2.33 bits per heavy atom. The third-order valence-electron chi connectivity index (χ3n) is 3.76. The number of anilines is 1. The molecule has 0 aliphatic carbocycles. The molecule has 2 rings (SSSR count). The molecule has 2 aromatic rings. The molecule has 1 heterocycles. The maximum Gasteiger partial charge on any atom is 0.341 e. The fourth-order valence-electron chi connectivity index (χ4n) is 2.28. The second-order valence-corrected chi connectivity index (χ2v) is 6.79. The predicted octanol–water partition coefficient (Wildman–Crippen LogP) is 3.35. The number of nitrogens with one attached hydrogen (secondary N) is 1. The van der Waals surface area contributed by atoms with Gasteiger partial charge < -0.3 is 19.5 Å². The summed E-state index contributed by atoms with van der Waals surface area (Å²) in [5.74, 6) is -0.885. The van der Waals surface area contributed by atoms with Gasteiger partial charge in [-0.1, -0.05) is 0 Å². The lowest BCUT2D eigenvalue weighted by Crippen LogP contribution is -2.21. The molecule has 7 nitrogen and oxygen atoms in total. The van der Waals surface area contributed by atoms with E-state index in [0.29, 0.717) is 21.9 Å². The third kappa shape index (κ3) is 5.07. The Hall–Kier alpha value is -2.87. The van der Waals surface area contributed by atoms with Crippen LogP contribution < -0.4 is 10.1 Å². The zero-order valence-corrected chi connectivity index (χ0v) is 16.4. The molecular weight excluding hydrogens is 370 g/mol. The molecule has 27 heavy (non-hydrogen) atoms. The van der Waals surface area contributed by atoms with Gasteiger partial charge in [0.05, 0.1) is 24.8 Å². The number of benzene rings is 1. The summed E-state index contributed by atoms with van der Waals surface area (Å²) < 4.78 is 15.1. The first-order chi connectivity index (χ1) is 12.9. The van der Waals surface area contributed by atoms with Crippen LogP contribution in [0.5, 0.6) is 5.75 Å². The Labute approximate surface area is 161 Å². The van der Waals surface area contributed by atoms with E-state index in [9.17, 15) is 14.4 Å². The highest BCUT2D eigenvalue weighted by Gasteiger charge is 2.22. The second kappa shape index (κ2) is 9.18. The van der Waals surface area contributed by atoms with Gasteiger partial charge in [-0.3, -0.25) is 4.79 Å². The van der Waals surface area contributed by atoms with E-state index in [-0.39, 0.29) is 13.2 Å². The first-order valence-corrected chi connectivity index (χ1v) is 9.07. The number of hydrogen-bond donors (Lipinski definition) is 1. The highest BCUT2D eigenvalue weighted by atomic mass is 32.1. The number of amides is 1. The molecule has 0 aliphatic rings. The fraction of sp³-hybridized carbons (Fsp3) is 0.316. The van der Waals surface area contributed by atoms with E-state index in [1.54, 1.807) is 31.2 Å². The van der Waals surface area contributed by atoms with E-state index in [1.807, 2.05) is 13.8 Å². The van der Waals surface area contributed by atoms with Crippen LogP contribution in [0.25, 0.3) is 0 Å². The molecule has 8 heteroatoms. The fourth-order valence-corrected chi connectivity index (χ4v) is 3.35. The van der Waals surface area contributed by atoms with Crippen LogP contribution in [-0.4, -0.2) is 38.2 Å². The van der Waals surface area contributed by atoms with E-state index >= 15 is 0 Å². The molecular formula is C19H21NO6S. The van der Waals surface area contributed by atoms with Gasteiger partial charge in [0, 0.05) is 4.88 Å². The van der Waals surface area contributed by atoms with Crippen LogP contribution >= 0.6 is 11.3 Å². The van der Waals surface area contributed by atoms with Crippen molar-refractivity contribution in [1.82, 2.24) is 0 Å². The SMILES string of the molecule is CCOC(=O)c1c(NC(=O)COc2ccc(C(=O)OC)cc2)sc(C)c1C. The number of esters is 2. The van der Waals surface area contributed by atoms with Gasteiger partial charge in [-0.05, 0) is 50.6 Å². The molecule has 0 radical (unpaired) electrons. The number of aryl methyl sites for hydroxylation is 1. The van der Waals surface area contributed by atoms with Crippen LogP contribution in [0.3, 0.4) is 0 Å². The number of hydrogen-bond acceptors (Lipinski definition) is 7. The van der Waals surface area contributed by atoms with Crippen molar-refractivity contribution in [2.45, 2.75) is 20.8 Å². The Morgan fingerprint density at radius 2 is 1.74 bits per heavy atom. The van der Waals surface area contributed by atoms with E-state index in [0.717, 1.165) is 10.4 Å². The lowest BCUT2D eigenvalue weighted by Gasteiger charge is -2.09. The van der Waals surface area contributed by atoms with Gasteiger partial charge in [-0.15, -0.1) is 11.3 Å². The van der Waals surface area contributed by atoms with Crippen molar-refractivity contribution < 1.29 is 28.6 Å². The summed E-state index contributed by atoms with van der Waals surface area (Å²) in [4.78, 5) is 36.7. The Kier molecular flexibility index (Phi) is 6.95. The van der Waals surface area contributed by atoms with Crippen LogP contribution in [0.15, 0.2) is 24.3 Å². The molecule has 0 unspecified atom stereocenters. The van der Waals surface area contributed by atoms with Gasteiger partial charge in [-0.2, -0.15) is 0 Å². The van der Waals surface area contributed by atoms with Crippen LogP contribution in [0, 0.1) is 13.8 Å². The summed E-state index contributed by atoms with van der Waals surface area (Å²) in [5.41, 5.74) is 1.54. The van der Waals surface area contributed by atoms with Gasteiger partial charge in [0.15, 0.2) is 6.61 Å². The van der Waals surface area contributed by atoms with Crippen LogP contribution in [0.2, 0.25) is 0 Å². The lowest BCUT2D eigenvalue weighted by molar-refractivity contribution is -0.118. The Morgan fingerprint density at radius 1 is 1.07 bits per heavy atom. The summed E-state index contributed by atoms with van der Waals surface area (Å²) in [5, 5.41) is 3.14. The minimum atomic E-state index is -0.464.